The van der Waals surface area contributed by atoms with Crippen LogP contribution in [-0.2, 0) is 5.75 Å². The van der Waals surface area contributed by atoms with Crippen LogP contribution in [0.5, 0.6) is 5.75 Å². The molecule has 0 saturated carbocycles. The van der Waals surface area contributed by atoms with Gasteiger partial charge in [-0.05, 0) is 42.8 Å². The predicted octanol–water partition coefficient (Wildman–Crippen LogP) is 4.33. The fourth-order valence-electron chi connectivity index (χ4n) is 1.79. The predicted molar refractivity (Wildman–Crippen MR) is 79.0 cm³/mol. The van der Waals surface area contributed by atoms with Crippen molar-refractivity contribution >= 4 is 17.5 Å². The summed E-state index contributed by atoms with van der Waals surface area (Å²) in [5.41, 5.74) is 1.55. The Morgan fingerprint density at radius 2 is 1.90 bits per heavy atom. The molecule has 0 aliphatic carbocycles. The van der Waals surface area contributed by atoms with Gasteiger partial charge in [0, 0.05) is 16.2 Å². The molecule has 0 aromatic heterocycles. The average molecular weight is 290 g/mol. The molecule has 0 bridgehead atoms. The van der Waals surface area contributed by atoms with Crippen molar-refractivity contribution in [2.75, 3.05) is 7.11 Å². The van der Waals surface area contributed by atoms with Crippen molar-refractivity contribution in [3.63, 3.8) is 0 Å². The first-order valence-electron chi connectivity index (χ1n) is 6.16. The molecule has 0 radical (unpaired) electrons. The van der Waals surface area contributed by atoms with E-state index in [-0.39, 0.29) is 11.6 Å². The Balaban J connectivity index is 2.12. The molecule has 0 saturated heterocycles. The fourth-order valence-corrected chi connectivity index (χ4v) is 2.82. The second-order valence-corrected chi connectivity index (χ2v) is 5.35. The van der Waals surface area contributed by atoms with Crippen LogP contribution in [0.2, 0.25) is 0 Å². The van der Waals surface area contributed by atoms with Gasteiger partial charge in [0.25, 0.3) is 0 Å². The number of ether oxygens (including phenoxy) is 1. The summed E-state index contributed by atoms with van der Waals surface area (Å²) in [6, 6.07) is 12.1. The fraction of sp³-hybridized carbons (Fsp3) is 0.188. The van der Waals surface area contributed by atoms with Crippen LogP contribution >= 0.6 is 11.8 Å². The zero-order chi connectivity index (χ0) is 14.5. The first kappa shape index (κ1) is 14.6. The van der Waals surface area contributed by atoms with Crippen LogP contribution in [0.15, 0.2) is 47.4 Å². The third-order valence-electron chi connectivity index (χ3n) is 2.87. The molecule has 0 heterocycles. The molecule has 2 nitrogen and oxygen atoms in total. The van der Waals surface area contributed by atoms with E-state index in [0.29, 0.717) is 5.56 Å². The number of Topliss-reactive ketones (excluding diaryl/α,β-unsaturated/α-hetero) is 1. The van der Waals surface area contributed by atoms with Crippen molar-refractivity contribution in [1.82, 2.24) is 0 Å². The molecule has 0 unspecified atom stereocenters. The van der Waals surface area contributed by atoms with Gasteiger partial charge in [0.15, 0.2) is 5.78 Å². The number of carbonyl (C=O) groups is 1. The van der Waals surface area contributed by atoms with Crippen LogP contribution in [0.3, 0.4) is 0 Å². The number of methoxy groups -OCH3 is 1. The van der Waals surface area contributed by atoms with Gasteiger partial charge < -0.3 is 4.74 Å². The molecule has 2 rings (SSSR count). The Hall–Kier alpha value is -1.81. The van der Waals surface area contributed by atoms with Crippen LogP contribution in [0.25, 0.3) is 0 Å². The summed E-state index contributed by atoms with van der Waals surface area (Å²) in [5, 5.41) is 0. The molecular formula is C16H15FO2S. The first-order chi connectivity index (χ1) is 9.60. The number of carbonyl (C=O) groups excluding carboxylic acids is 1. The van der Waals surface area contributed by atoms with Gasteiger partial charge in [0.2, 0.25) is 0 Å². The van der Waals surface area contributed by atoms with E-state index in [1.165, 1.54) is 30.8 Å². The molecule has 2 aromatic rings. The molecule has 4 heteroatoms. The normalized spacial score (nSPS) is 10.3. The third kappa shape index (κ3) is 3.61. The SMILES string of the molecule is COc1ccc(CSc2ccc(F)cc2C(C)=O)cc1. The minimum Gasteiger partial charge on any atom is -0.497 e. The lowest BCUT2D eigenvalue weighted by Crippen LogP contribution is -1.96. The van der Waals surface area contributed by atoms with Gasteiger partial charge in [-0.25, -0.2) is 4.39 Å². The lowest BCUT2D eigenvalue weighted by Gasteiger charge is -2.07. The highest BCUT2D eigenvalue weighted by atomic mass is 32.2. The van der Waals surface area contributed by atoms with E-state index >= 15 is 0 Å². The van der Waals surface area contributed by atoms with Crippen LogP contribution in [0, 0.1) is 5.82 Å². The summed E-state index contributed by atoms with van der Waals surface area (Å²) >= 11 is 1.52. The summed E-state index contributed by atoms with van der Waals surface area (Å²) in [5.74, 6) is 1.02. The van der Waals surface area contributed by atoms with Gasteiger partial charge in [0.1, 0.15) is 11.6 Å². The lowest BCUT2D eigenvalue weighted by atomic mass is 10.1. The van der Waals surface area contributed by atoms with E-state index in [1.54, 1.807) is 13.2 Å². The van der Waals surface area contributed by atoms with Crippen molar-refractivity contribution in [2.24, 2.45) is 0 Å². The van der Waals surface area contributed by atoms with Crippen LogP contribution in [0.4, 0.5) is 4.39 Å². The maximum Gasteiger partial charge on any atom is 0.161 e. The maximum absolute atomic E-state index is 13.2. The minimum absolute atomic E-state index is 0.123. The molecule has 104 valence electrons. The number of hydrogen-bond acceptors (Lipinski definition) is 3. The van der Waals surface area contributed by atoms with E-state index in [1.807, 2.05) is 24.3 Å². The number of benzene rings is 2. The van der Waals surface area contributed by atoms with Gasteiger partial charge in [-0.2, -0.15) is 0 Å². The van der Waals surface area contributed by atoms with E-state index in [9.17, 15) is 9.18 Å². The standard InChI is InChI=1S/C16H15FO2S/c1-11(18)15-9-13(17)5-8-16(15)20-10-12-3-6-14(19-2)7-4-12/h3-9H,10H2,1-2H3. The van der Waals surface area contributed by atoms with Gasteiger partial charge in [-0.1, -0.05) is 12.1 Å². The molecule has 0 amide bonds. The number of rotatable bonds is 5. The van der Waals surface area contributed by atoms with E-state index in [0.717, 1.165) is 22.0 Å². The average Bonchev–Trinajstić information content (AvgIpc) is 2.46. The van der Waals surface area contributed by atoms with Crippen molar-refractivity contribution in [3.05, 3.63) is 59.4 Å². The Labute approximate surface area is 122 Å². The molecule has 0 atom stereocenters. The summed E-state index contributed by atoms with van der Waals surface area (Å²) in [6.45, 7) is 1.45. The molecule has 0 fully saturated rings. The van der Waals surface area contributed by atoms with Crippen LogP contribution in [-0.4, -0.2) is 12.9 Å². The maximum atomic E-state index is 13.2. The molecule has 0 spiro atoms. The number of halogens is 1. The molecule has 0 N–H and O–H groups in total. The molecular weight excluding hydrogens is 275 g/mol. The molecule has 20 heavy (non-hydrogen) atoms. The van der Waals surface area contributed by atoms with Gasteiger partial charge in [-0.3, -0.25) is 4.79 Å². The van der Waals surface area contributed by atoms with E-state index in [4.69, 9.17) is 4.74 Å². The van der Waals surface area contributed by atoms with Gasteiger partial charge in [-0.15, -0.1) is 11.8 Å². The zero-order valence-corrected chi connectivity index (χ0v) is 12.2. The zero-order valence-electron chi connectivity index (χ0n) is 11.4. The van der Waals surface area contributed by atoms with E-state index < -0.39 is 0 Å². The summed E-state index contributed by atoms with van der Waals surface area (Å²) in [6.07, 6.45) is 0. The number of ketones is 1. The molecule has 0 aliphatic heterocycles. The van der Waals surface area contributed by atoms with Crippen LogP contribution in [0.1, 0.15) is 22.8 Å². The topological polar surface area (TPSA) is 26.3 Å². The quantitative estimate of drug-likeness (QED) is 0.605. The van der Waals surface area contributed by atoms with Gasteiger partial charge >= 0.3 is 0 Å². The van der Waals surface area contributed by atoms with Crippen LogP contribution < -0.4 is 4.74 Å². The largest absolute Gasteiger partial charge is 0.497 e. The second kappa shape index (κ2) is 6.57. The van der Waals surface area contributed by atoms with Crippen molar-refractivity contribution in [2.45, 2.75) is 17.6 Å². The second-order valence-electron chi connectivity index (χ2n) is 4.33. The highest BCUT2D eigenvalue weighted by Crippen LogP contribution is 2.28. The van der Waals surface area contributed by atoms with Crippen molar-refractivity contribution < 1.29 is 13.9 Å². The first-order valence-corrected chi connectivity index (χ1v) is 7.15. The van der Waals surface area contributed by atoms with Gasteiger partial charge in [0.05, 0.1) is 7.11 Å². The third-order valence-corrected chi connectivity index (χ3v) is 4.02. The summed E-state index contributed by atoms with van der Waals surface area (Å²) in [7, 11) is 1.63. The highest BCUT2D eigenvalue weighted by molar-refractivity contribution is 7.98. The Morgan fingerprint density at radius 3 is 2.50 bits per heavy atom. The lowest BCUT2D eigenvalue weighted by molar-refractivity contribution is 0.101. The Kier molecular flexibility index (Phi) is 4.79. The number of hydrogen-bond donors (Lipinski definition) is 0. The summed E-state index contributed by atoms with van der Waals surface area (Å²) < 4.78 is 18.3. The molecule has 2 aromatic carbocycles. The minimum atomic E-state index is -0.385. The number of thioether (sulfide) groups is 1. The summed E-state index contributed by atoms with van der Waals surface area (Å²) in [4.78, 5) is 12.3. The molecule has 0 aliphatic rings. The monoisotopic (exact) mass is 290 g/mol. The van der Waals surface area contributed by atoms with Crippen molar-refractivity contribution in [1.29, 1.82) is 0 Å². The smallest absolute Gasteiger partial charge is 0.161 e. The Bertz CT molecular complexity index is 608. The van der Waals surface area contributed by atoms with E-state index in [2.05, 4.69) is 0 Å². The highest BCUT2D eigenvalue weighted by Gasteiger charge is 2.09. The Morgan fingerprint density at radius 1 is 1.20 bits per heavy atom. The van der Waals surface area contributed by atoms with Crippen molar-refractivity contribution in [3.8, 4) is 5.75 Å².